The minimum atomic E-state index is 0.125. The monoisotopic (exact) mass is 481 g/mol. The van der Waals surface area contributed by atoms with Crippen LogP contribution in [0, 0.1) is 11.3 Å². The van der Waals surface area contributed by atoms with E-state index in [1.54, 1.807) is 41.9 Å². The summed E-state index contributed by atoms with van der Waals surface area (Å²) in [6.07, 6.45) is 12.9. The Kier molecular flexibility index (Phi) is 16.0. The van der Waals surface area contributed by atoms with E-state index in [1.165, 1.54) is 12.3 Å². The summed E-state index contributed by atoms with van der Waals surface area (Å²) in [4.78, 5) is 17.2. The summed E-state index contributed by atoms with van der Waals surface area (Å²) < 4.78 is 5.37. The third-order valence-corrected chi connectivity index (χ3v) is 4.90. The van der Waals surface area contributed by atoms with Crippen molar-refractivity contribution in [2.45, 2.75) is 13.3 Å². The number of rotatable bonds is 13. The van der Waals surface area contributed by atoms with Crippen LogP contribution in [0.5, 0.6) is 0 Å². The Morgan fingerprint density at radius 2 is 2.00 bits per heavy atom. The maximum atomic E-state index is 10.3. The van der Waals surface area contributed by atoms with Gasteiger partial charge in [-0.05, 0) is 30.2 Å². The number of morpholine rings is 1. The number of hydrogen-bond acceptors (Lipinski definition) is 9. The molecule has 0 aliphatic carbocycles. The van der Waals surface area contributed by atoms with Crippen molar-refractivity contribution in [2.24, 2.45) is 21.1 Å². The molecule has 2 rings (SSSR count). The van der Waals surface area contributed by atoms with E-state index in [-0.39, 0.29) is 5.92 Å². The average Bonchev–Trinajstić information content (AvgIpc) is 2.88. The van der Waals surface area contributed by atoms with Crippen LogP contribution in [0.25, 0.3) is 0 Å². The second kappa shape index (κ2) is 18.9. The van der Waals surface area contributed by atoms with Crippen molar-refractivity contribution in [1.82, 2.24) is 14.9 Å². The van der Waals surface area contributed by atoms with Crippen LogP contribution >= 0.6 is 0 Å². The molecule has 35 heavy (non-hydrogen) atoms. The fourth-order valence-corrected chi connectivity index (χ4v) is 3.07. The molecule has 0 amide bonds. The van der Waals surface area contributed by atoms with Crippen molar-refractivity contribution in [2.75, 3.05) is 53.5 Å². The Morgan fingerprint density at radius 3 is 2.63 bits per heavy atom. The maximum Gasteiger partial charge on any atom is 0.144 e. The molecule has 9 nitrogen and oxygen atoms in total. The predicted molar refractivity (Wildman–Crippen MR) is 146 cm³/mol. The molecule has 1 N–H and O–H groups in total. The Morgan fingerprint density at radius 1 is 1.23 bits per heavy atom. The van der Waals surface area contributed by atoms with Crippen LogP contribution in [0.3, 0.4) is 0 Å². The quantitative estimate of drug-likeness (QED) is 0.202. The second-order valence-corrected chi connectivity index (χ2v) is 7.76. The van der Waals surface area contributed by atoms with Crippen LogP contribution < -0.4 is 0 Å². The maximum absolute atomic E-state index is 10.3. The molecule has 1 unspecified atom stereocenters. The number of ether oxygens (including phenoxy) is 1. The van der Waals surface area contributed by atoms with Gasteiger partial charge in [-0.1, -0.05) is 24.8 Å². The highest BCUT2D eigenvalue weighted by Gasteiger charge is 2.14. The first kappa shape index (κ1) is 29.6. The smallest absolute Gasteiger partial charge is 0.144 e. The van der Waals surface area contributed by atoms with Crippen LogP contribution in [0.1, 0.15) is 18.1 Å². The van der Waals surface area contributed by atoms with Gasteiger partial charge in [0.25, 0.3) is 0 Å². The Hall–Kier alpha value is -3.43. The molecule has 1 aromatic rings. The molecule has 1 aliphatic rings. The number of hydrazone groups is 2. The number of allylic oxidation sites excluding steroid dienone is 1. The van der Waals surface area contributed by atoms with Crippen molar-refractivity contribution in [1.29, 1.82) is 5.41 Å². The number of nitrogens with one attached hydrogen (secondary N) is 1. The molecule has 1 saturated heterocycles. The topological polar surface area (TPSA) is 96.9 Å². The minimum absolute atomic E-state index is 0.125. The van der Waals surface area contributed by atoms with Gasteiger partial charge in [-0.2, -0.15) is 10.2 Å². The molecule has 1 fully saturated rings. The van der Waals surface area contributed by atoms with Crippen molar-refractivity contribution in [3.63, 3.8) is 0 Å². The Bertz CT molecular complexity index is 861. The molecule has 190 valence electrons. The number of nitrogens with zero attached hydrogens (tertiary/aromatic N) is 6. The predicted octanol–water partition coefficient (Wildman–Crippen LogP) is 2.94. The molecule has 9 heteroatoms. The zero-order chi connectivity index (χ0) is 25.7. The van der Waals surface area contributed by atoms with Gasteiger partial charge in [0.15, 0.2) is 0 Å². The zero-order valence-corrected chi connectivity index (χ0v) is 21.2. The van der Waals surface area contributed by atoms with E-state index in [0.29, 0.717) is 13.0 Å². The van der Waals surface area contributed by atoms with Crippen LogP contribution in [0.15, 0.2) is 64.5 Å². The highest BCUT2D eigenvalue weighted by molar-refractivity contribution is 5.80. The molecule has 1 aromatic carbocycles. The van der Waals surface area contributed by atoms with Crippen molar-refractivity contribution < 1.29 is 9.53 Å². The van der Waals surface area contributed by atoms with Gasteiger partial charge in [0.05, 0.1) is 13.2 Å². The van der Waals surface area contributed by atoms with Crippen molar-refractivity contribution in [3.8, 4) is 0 Å². The first-order valence-electron chi connectivity index (χ1n) is 11.6. The van der Waals surface area contributed by atoms with Crippen LogP contribution in [-0.2, 0) is 16.0 Å². The van der Waals surface area contributed by atoms with E-state index in [4.69, 9.17) is 10.1 Å². The second-order valence-electron chi connectivity index (χ2n) is 7.76. The third kappa shape index (κ3) is 14.4. The third-order valence-electron chi connectivity index (χ3n) is 4.90. The average molecular weight is 482 g/mol. The van der Waals surface area contributed by atoms with E-state index >= 15 is 0 Å². The number of carbonyl (C=O) groups excluding carboxylic acids is 1. The molecule has 0 aromatic heterocycles. The molecular formula is C26H39N7O2. The van der Waals surface area contributed by atoms with Crippen molar-refractivity contribution in [3.05, 3.63) is 60.4 Å². The first-order chi connectivity index (χ1) is 17.0. The summed E-state index contributed by atoms with van der Waals surface area (Å²) in [5, 5.41) is 18.9. The zero-order valence-electron chi connectivity index (χ0n) is 21.2. The van der Waals surface area contributed by atoms with E-state index in [1.807, 2.05) is 38.4 Å². The van der Waals surface area contributed by atoms with E-state index in [2.05, 4.69) is 32.7 Å². The van der Waals surface area contributed by atoms with E-state index < -0.39 is 0 Å². The molecule has 0 radical (unpaired) electrons. The normalized spacial score (nSPS) is 15.3. The summed E-state index contributed by atoms with van der Waals surface area (Å²) in [5.41, 5.74) is 2.17. The fraction of sp³-hybridized carbons (Fsp3) is 0.423. The van der Waals surface area contributed by atoms with Gasteiger partial charge < -0.3 is 10.1 Å². The number of benzene rings is 1. The number of aldehydes is 1. The van der Waals surface area contributed by atoms with Gasteiger partial charge >= 0.3 is 0 Å². The van der Waals surface area contributed by atoms with Crippen molar-refractivity contribution >= 4 is 31.1 Å². The van der Waals surface area contributed by atoms with Gasteiger partial charge in [0.1, 0.15) is 6.29 Å². The number of hydrogen-bond donors (Lipinski definition) is 1. The first-order valence-corrected chi connectivity index (χ1v) is 11.6. The van der Waals surface area contributed by atoms with Crippen LogP contribution in [0.4, 0.5) is 0 Å². The summed E-state index contributed by atoms with van der Waals surface area (Å²) in [6, 6.07) is 8.15. The van der Waals surface area contributed by atoms with Gasteiger partial charge in [-0.15, -0.1) is 0 Å². The van der Waals surface area contributed by atoms with Gasteiger partial charge in [0, 0.05) is 89.9 Å². The van der Waals surface area contributed by atoms with E-state index in [0.717, 1.165) is 50.3 Å². The molecule has 1 heterocycles. The standard InChI is InChI=1S/C21H29N5O2.C5H10N2/c1-25(8-3-11-27)24-7-6-19-4-2-5-20(14-19)16-23-17-21(15-22)18-26-9-12-28-13-10-26;1-4-6-7(3)5-2/h2-5,7-8,11,14-16,21-22H,6,9-10,12-13,17-18H2,1H3;4-5H,2H2,1,3H3/b8-3-,22-15?,23-16?,24-7+;6-4-. The molecule has 0 spiro atoms. The van der Waals surface area contributed by atoms with Gasteiger partial charge in [-0.3, -0.25) is 24.7 Å². The lowest BCUT2D eigenvalue weighted by Gasteiger charge is -2.28. The lowest BCUT2D eigenvalue weighted by Crippen LogP contribution is -2.40. The van der Waals surface area contributed by atoms with Gasteiger partial charge in [-0.25, -0.2) is 0 Å². The van der Waals surface area contributed by atoms with E-state index in [9.17, 15) is 4.79 Å². The number of carbonyl (C=O) groups is 1. The summed E-state index contributed by atoms with van der Waals surface area (Å²) in [6.45, 7) is 10.2. The number of aliphatic imine (C=N–C) groups is 1. The highest BCUT2D eigenvalue weighted by Crippen LogP contribution is 2.06. The molecule has 1 atom stereocenters. The lowest BCUT2D eigenvalue weighted by molar-refractivity contribution is -0.104. The summed E-state index contributed by atoms with van der Waals surface area (Å²) >= 11 is 0. The Labute approximate surface area is 209 Å². The molecule has 0 bridgehead atoms. The SMILES string of the molecule is C=CN(C)/N=C\C.CN(/C=C\C=O)/N=C/Cc1cccc(C=NCC(C=N)CN2CCOCC2)c1. The summed E-state index contributed by atoms with van der Waals surface area (Å²) in [7, 11) is 3.60. The van der Waals surface area contributed by atoms with Crippen LogP contribution in [-0.4, -0.2) is 99.6 Å². The highest BCUT2D eigenvalue weighted by atomic mass is 16.5. The minimum Gasteiger partial charge on any atom is -0.379 e. The van der Waals surface area contributed by atoms with Crippen LogP contribution in [0.2, 0.25) is 0 Å². The summed E-state index contributed by atoms with van der Waals surface area (Å²) in [5.74, 6) is 0.125. The molecule has 0 saturated carbocycles. The largest absolute Gasteiger partial charge is 0.379 e. The fourth-order valence-electron chi connectivity index (χ4n) is 3.07. The lowest BCUT2D eigenvalue weighted by atomic mass is 10.1. The Balaban J connectivity index is 0.000000762. The molecule has 1 aliphatic heterocycles. The van der Waals surface area contributed by atoms with Gasteiger partial charge in [0.2, 0.25) is 0 Å². The molecular weight excluding hydrogens is 442 g/mol.